The third kappa shape index (κ3) is 4.08. The molecule has 1 fully saturated rings. The second-order valence-electron chi connectivity index (χ2n) is 7.38. The molecule has 0 atom stereocenters. The number of aryl methyl sites for hydroxylation is 2. The van der Waals surface area contributed by atoms with E-state index in [1.54, 1.807) is 25.3 Å². The Hall–Kier alpha value is -3.35. The SMILES string of the molecule is Cc1cc(NC(=O)c2ccc(N3CCN(c4cccc(C)c4C)CC3)nc2)no1. The lowest BCUT2D eigenvalue weighted by atomic mass is 10.1. The number of piperazine rings is 1. The van der Waals surface area contributed by atoms with Crippen molar-refractivity contribution in [3.63, 3.8) is 0 Å². The molecule has 0 bridgehead atoms. The van der Waals surface area contributed by atoms with Crippen molar-refractivity contribution in [2.75, 3.05) is 41.3 Å². The maximum absolute atomic E-state index is 12.3. The summed E-state index contributed by atoms with van der Waals surface area (Å²) in [6.45, 7) is 9.79. The van der Waals surface area contributed by atoms with Gasteiger partial charge in [0.2, 0.25) is 0 Å². The van der Waals surface area contributed by atoms with Gasteiger partial charge in [-0.3, -0.25) is 4.79 Å². The van der Waals surface area contributed by atoms with Gasteiger partial charge in [0.15, 0.2) is 5.82 Å². The number of anilines is 3. The monoisotopic (exact) mass is 391 g/mol. The summed E-state index contributed by atoms with van der Waals surface area (Å²) in [5.41, 5.74) is 4.47. The van der Waals surface area contributed by atoms with Crippen LogP contribution in [0.1, 0.15) is 27.2 Å². The first-order valence-corrected chi connectivity index (χ1v) is 9.78. The molecule has 0 spiro atoms. The Morgan fingerprint density at radius 2 is 1.79 bits per heavy atom. The predicted octanol–water partition coefficient (Wildman–Crippen LogP) is 3.57. The van der Waals surface area contributed by atoms with Crippen LogP contribution in [-0.2, 0) is 0 Å². The second kappa shape index (κ2) is 7.95. The molecule has 0 unspecified atom stereocenters. The number of hydrogen-bond donors (Lipinski definition) is 1. The molecule has 29 heavy (non-hydrogen) atoms. The average molecular weight is 391 g/mol. The van der Waals surface area contributed by atoms with Crippen LogP contribution < -0.4 is 15.1 Å². The van der Waals surface area contributed by atoms with E-state index in [1.165, 1.54) is 16.8 Å². The molecule has 1 amide bonds. The zero-order valence-corrected chi connectivity index (χ0v) is 17.0. The van der Waals surface area contributed by atoms with Crippen molar-refractivity contribution in [1.82, 2.24) is 10.1 Å². The smallest absolute Gasteiger partial charge is 0.258 e. The molecular weight excluding hydrogens is 366 g/mol. The first-order valence-electron chi connectivity index (χ1n) is 9.78. The topological polar surface area (TPSA) is 74.5 Å². The molecule has 0 aliphatic carbocycles. The highest BCUT2D eigenvalue weighted by Gasteiger charge is 2.20. The number of aromatic nitrogens is 2. The summed E-state index contributed by atoms with van der Waals surface area (Å²) in [6, 6.07) is 11.8. The standard InChI is InChI=1S/C22H25N5O2/c1-15-5-4-6-19(17(15)3)26-9-11-27(12-10-26)21-8-7-18(14-23-21)22(28)24-20-13-16(2)29-25-20/h4-8,13-14H,9-12H2,1-3H3,(H,24,25,28). The molecule has 1 aliphatic rings. The number of benzene rings is 1. The van der Waals surface area contributed by atoms with Crippen molar-refractivity contribution in [2.24, 2.45) is 0 Å². The predicted molar refractivity (Wildman–Crippen MR) is 114 cm³/mol. The third-order valence-corrected chi connectivity index (χ3v) is 5.40. The average Bonchev–Trinajstić information content (AvgIpc) is 3.15. The van der Waals surface area contributed by atoms with E-state index in [1.807, 2.05) is 6.07 Å². The van der Waals surface area contributed by atoms with Gasteiger partial charge in [0.1, 0.15) is 11.6 Å². The maximum atomic E-state index is 12.3. The van der Waals surface area contributed by atoms with Crippen molar-refractivity contribution in [3.05, 3.63) is 65.0 Å². The fraction of sp³-hybridized carbons (Fsp3) is 0.318. The fourth-order valence-corrected chi connectivity index (χ4v) is 3.58. The van der Waals surface area contributed by atoms with Gasteiger partial charge < -0.3 is 19.6 Å². The Labute approximate surface area is 170 Å². The zero-order chi connectivity index (χ0) is 20.4. The lowest BCUT2D eigenvalue weighted by molar-refractivity contribution is 0.102. The molecule has 1 aromatic carbocycles. The first kappa shape index (κ1) is 19.0. The van der Waals surface area contributed by atoms with E-state index >= 15 is 0 Å². The summed E-state index contributed by atoms with van der Waals surface area (Å²) in [4.78, 5) is 21.5. The van der Waals surface area contributed by atoms with Gasteiger partial charge in [-0.05, 0) is 50.1 Å². The van der Waals surface area contributed by atoms with E-state index in [9.17, 15) is 4.79 Å². The summed E-state index contributed by atoms with van der Waals surface area (Å²) in [7, 11) is 0. The van der Waals surface area contributed by atoms with Crippen molar-refractivity contribution in [1.29, 1.82) is 0 Å². The van der Waals surface area contributed by atoms with Crippen molar-refractivity contribution < 1.29 is 9.32 Å². The number of hydrogen-bond acceptors (Lipinski definition) is 6. The van der Waals surface area contributed by atoms with E-state index in [2.05, 4.69) is 57.3 Å². The molecule has 1 aliphatic heterocycles. The largest absolute Gasteiger partial charge is 0.368 e. The minimum atomic E-state index is -0.253. The first-order chi connectivity index (χ1) is 14.0. The van der Waals surface area contributed by atoms with Crippen LogP contribution in [0, 0.1) is 20.8 Å². The van der Waals surface area contributed by atoms with E-state index in [-0.39, 0.29) is 5.91 Å². The molecule has 3 heterocycles. The summed E-state index contributed by atoms with van der Waals surface area (Å²) < 4.78 is 4.96. The van der Waals surface area contributed by atoms with E-state index in [0.29, 0.717) is 17.1 Å². The van der Waals surface area contributed by atoms with Crippen LogP contribution in [0.2, 0.25) is 0 Å². The van der Waals surface area contributed by atoms with Gasteiger partial charge in [0.05, 0.1) is 5.56 Å². The number of pyridine rings is 1. The highest BCUT2D eigenvalue weighted by atomic mass is 16.5. The third-order valence-electron chi connectivity index (χ3n) is 5.40. The normalized spacial score (nSPS) is 14.2. The van der Waals surface area contributed by atoms with Crippen LogP contribution in [0.15, 0.2) is 47.1 Å². The molecule has 7 heteroatoms. The van der Waals surface area contributed by atoms with Gasteiger partial charge in [-0.25, -0.2) is 4.98 Å². The molecule has 0 saturated carbocycles. The fourth-order valence-electron chi connectivity index (χ4n) is 3.58. The van der Waals surface area contributed by atoms with Crippen molar-refractivity contribution in [2.45, 2.75) is 20.8 Å². The molecule has 4 rings (SSSR count). The lowest BCUT2D eigenvalue weighted by Gasteiger charge is -2.37. The Morgan fingerprint density at radius 3 is 2.45 bits per heavy atom. The van der Waals surface area contributed by atoms with Gasteiger partial charge in [-0.15, -0.1) is 0 Å². The van der Waals surface area contributed by atoms with Crippen LogP contribution in [-0.4, -0.2) is 42.2 Å². The Balaban J connectivity index is 1.37. The molecule has 150 valence electrons. The summed E-state index contributed by atoms with van der Waals surface area (Å²) in [5.74, 6) is 1.68. The number of amides is 1. The summed E-state index contributed by atoms with van der Waals surface area (Å²) in [6.07, 6.45) is 1.61. The zero-order valence-electron chi connectivity index (χ0n) is 17.0. The molecule has 2 aromatic heterocycles. The highest BCUT2D eigenvalue weighted by Crippen LogP contribution is 2.25. The van der Waals surface area contributed by atoms with Crippen LogP contribution in [0.5, 0.6) is 0 Å². The minimum Gasteiger partial charge on any atom is -0.368 e. The summed E-state index contributed by atoms with van der Waals surface area (Å²) in [5, 5.41) is 6.48. The van der Waals surface area contributed by atoms with Gasteiger partial charge in [-0.2, -0.15) is 0 Å². The molecular formula is C22H25N5O2. The molecule has 3 aromatic rings. The minimum absolute atomic E-state index is 0.253. The quantitative estimate of drug-likeness (QED) is 0.733. The number of carbonyl (C=O) groups is 1. The van der Waals surface area contributed by atoms with Gasteiger partial charge >= 0.3 is 0 Å². The molecule has 1 N–H and O–H groups in total. The van der Waals surface area contributed by atoms with Crippen LogP contribution in [0.25, 0.3) is 0 Å². The number of nitrogens with zero attached hydrogens (tertiary/aromatic N) is 4. The van der Waals surface area contributed by atoms with Gasteiger partial charge in [-0.1, -0.05) is 17.3 Å². The van der Waals surface area contributed by atoms with E-state index in [0.717, 1.165) is 32.0 Å². The van der Waals surface area contributed by atoms with E-state index < -0.39 is 0 Å². The van der Waals surface area contributed by atoms with Crippen LogP contribution in [0.3, 0.4) is 0 Å². The number of carbonyl (C=O) groups excluding carboxylic acids is 1. The molecule has 0 radical (unpaired) electrons. The number of rotatable bonds is 4. The maximum Gasteiger partial charge on any atom is 0.258 e. The van der Waals surface area contributed by atoms with Crippen molar-refractivity contribution >= 4 is 23.2 Å². The number of nitrogens with one attached hydrogen (secondary N) is 1. The van der Waals surface area contributed by atoms with Crippen molar-refractivity contribution in [3.8, 4) is 0 Å². The second-order valence-corrected chi connectivity index (χ2v) is 7.38. The summed E-state index contributed by atoms with van der Waals surface area (Å²) >= 11 is 0. The van der Waals surface area contributed by atoms with Crippen LogP contribution >= 0.6 is 0 Å². The highest BCUT2D eigenvalue weighted by molar-refractivity contribution is 6.03. The van der Waals surface area contributed by atoms with E-state index in [4.69, 9.17) is 4.52 Å². The molecule has 7 nitrogen and oxygen atoms in total. The molecule has 1 saturated heterocycles. The van der Waals surface area contributed by atoms with Gasteiger partial charge in [0, 0.05) is 44.1 Å². The van der Waals surface area contributed by atoms with Gasteiger partial charge in [0.25, 0.3) is 5.91 Å². The Kier molecular flexibility index (Phi) is 5.20. The Morgan fingerprint density at radius 1 is 1.03 bits per heavy atom. The lowest BCUT2D eigenvalue weighted by Crippen LogP contribution is -2.47. The van der Waals surface area contributed by atoms with Crippen LogP contribution in [0.4, 0.5) is 17.3 Å². The Bertz CT molecular complexity index is 1000.